The maximum absolute atomic E-state index is 13.6. The fourth-order valence-corrected chi connectivity index (χ4v) is 1.75. The van der Waals surface area contributed by atoms with Crippen LogP contribution >= 0.6 is 0 Å². The van der Waals surface area contributed by atoms with Crippen molar-refractivity contribution in [2.45, 2.75) is 6.54 Å². The molecule has 0 radical (unpaired) electrons. The highest BCUT2D eigenvalue weighted by atomic mass is 19.1. The quantitative estimate of drug-likeness (QED) is 0.821. The monoisotopic (exact) mass is 230 g/mol. The van der Waals surface area contributed by atoms with Gasteiger partial charge in [0.2, 0.25) is 0 Å². The molecule has 0 saturated carbocycles. The maximum atomic E-state index is 13.6. The number of nitrogens with zero attached hydrogens (tertiary/aromatic N) is 1. The lowest BCUT2D eigenvalue weighted by atomic mass is 10.1. The highest BCUT2D eigenvalue weighted by Gasteiger charge is 2.09. The zero-order valence-corrected chi connectivity index (χ0v) is 9.73. The number of hydrogen-bond acceptors (Lipinski definition) is 2. The number of para-hydroxylation sites is 1. The summed E-state index contributed by atoms with van der Waals surface area (Å²) in [6.07, 6.45) is 0. The van der Waals surface area contributed by atoms with Crippen molar-refractivity contribution >= 4 is 11.4 Å². The van der Waals surface area contributed by atoms with Gasteiger partial charge in [-0.3, -0.25) is 0 Å². The smallest absolute Gasteiger partial charge is 0.130 e. The largest absolute Gasteiger partial charge is 0.398 e. The van der Waals surface area contributed by atoms with Crippen LogP contribution in [0, 0.1) is 5.82 Å². The molecule has 2 N–H and O–H groups in total. The van der Waals surface area contributed by atoms with Crippen LogP contribution in [0.4, 0.5) is 15.8 Å². The summed E-state index contributed by atoms with van der Waals surface area (Å²) in [7, 11) is 1.92. The van der Waals surface area contributed by atoms with E-state index in [1.54, 1.807) is 12.1 Å². The Morgan fingerprint density at radius 3 is 2.41 bits per heavy atom. The van der Waals surface area contributed by atoms with Crippen LogP contribution in [0.5, 0.6) is 0 Å². The number of hydrogen-bond donors (Lipinski definition) is 1. The van der Waals surface area contributed by atoms with Gasteiger partial charge >= 0.3 is 0 Å². The molecular formula is C14H15FN2. The lowest BCUT2D eigenvalue weighted by Gasteiger charge is -2.20. The third-order valence-corrected chi connectivity index (χ3v) is 2.75. The second-order valence-electron chi connectivity index (χ2n) is 4.00. The SMILES string of the molecule is CN(Cc1c(N)cccc1F)c1ccccc1. The molecule has 0 atom stereocenters. The predicted molar refractivity (Wildman–Crippen MR) is 69.4 cm³/mol. The predicted octanol–water partition coefficient (Wildman–Crippen LogP) is 3.04. The number of nitrogen functional groups attached to an aromatic ring is 1. The first-order chi connectivity index (χ1) is 8.18. The van der Waals surface area contributed by atoms with Crippen LogP contribution in [0.3, 0.4) is 0 Å². The van der Waals surface area contributed by atoms with Gasteiger partial charge in [-0.25, -0.2) is 4.39 Å². The van der Waals surface area contributed by atoms with Gasteiger partial charge in [-0.15, -0.1) is 0 Å². The Hall–Kier alpha value is -2.03. The van der Waals surface area contributed by atoms with Crippen molar-refractivity contribution in [3.63, 3.8) is 0 Å². The van der Waals surface area contributed by atoms with Crippen molar-refractivity contribution in [2.24, 2.45) is 0 Å². The molecule has 2 rings (SSSR count). The molecule has 2 aromatic rings. The molecule has 2 aromatic carbocycles. The van der Waals surface area contributed by atoms with Gasteiger partial charge in [-0.2, -0.15) is 0 Å². The van der Waals surface area contributed by atoms with Crippen molar-refractivity contribution in [1.82, 2.24) is 0 Å². The third-order valence-electron chi connectivity index (χ3n) is 2.75. The van der Waals surface area contributed by atoms with Gasteiger partial charge in [0.05, 0.1) is 0 Å². The molecular weight excluding hydrogens is 215 g/mol. The minimum Gasteiger partial charge on any atom is -0.398 e. The van der Waals surface area contributed by atoms with Crippen LogP contribution in [0.15, 0.2) is 48.5 Å². The molecule has 17 heavy (non-hydrogen) atoms. The summed E-state index contributed by atoms with van der Waals surface area (Å²) in [4.78, 5) is 1.97. The van der Waals surface area contributed by atoms with E-state index in [4.69, 9.17) is 5.73 Å². The molecule has 0 aliphatic rings. The van der Waals surface area contributed by atoms with Gasteiger partial charge in [0, 0.05) is 30.5 Å². The van der Waals surface area contributed by atoms with E-state index in [0.717, 1.165) is 5.69 Å². The molecule has 0 spiro atoms. The Kier molecular flexibility index (Phi) is 3.28. The van der Waals surface area contributed by atoms with Crippen LogP contribution in [0.2, 0.25) is 0 Å². The summed E-state index contributed by atoms with van der Waals surface area (Å²) < 4.78 is 13.6. The topological polar surface area (TPSA) is 29.3 Å². The normalized spacial score (nSPS) is 10.2. The minimum atomic E-state index is -0.257. The molecule has 0 aliphatic carbocycles. The number of rotatable bonds is 3. The second kappa shape index (κ2) is 4.87. The zero-order valence-electron chi connectivity index (χ0n) is 9.73. The molecule has 0 aliphatic heterocycles. The lowest BCUT2D eigenvalue weighted by Crippen LogP contribution is -2.18. The first-order valence-electron chi connectivity index (χ1n) is 5.47. The molecule has 88 valence electrons. The Bertz CT molecular complexity index is 477. The molecule has 0 aromatic heterocycles. The summed E-state index contributed by atoms with van der Waals surface area (Å²) in [6.45, 7) is 0.461. The molecule has 0 unspecified atom stereocenters. The first-order valence-corrected chi connectivity index (χ1v) is 5.47. The van der Waals surface area contributed by atoms with Crippen molar-refractivity contribution in [3.8, 4) is 0 Å². The number of halogens is 1. The van der Waals surface area contributed by atoms with Crippen LogP contribution in [0.1, 0.15) is 5.56 Å². The van der Waals surface area contributed by atoms with Crippen molar-refractivity contribution in [2.75, 3.05) is 17.7 Å². The van der Waals surface area contributed by atoms with Crippen molar-refractivity contribution in [3.05, 3.63) is 59.9 Å². The van der Waals surface area contributed by atoms with E-state index in [9.17, 15) is 4.39 Å². The Labute approximate surface area is 100 Å². The van der Waals surface area contributed by atoms with E-state index in [-0.39, 0.29) is 5.82 Å². The van der Waals surface area contributed by atoms with E-state index in [1.165, 1.54) is 6.07 Å². The van der Waals surface area contributed by atoms with Crippen LogP contribution in [-0.2, 0) is 6.54 Å². The summed E-state index contributed by atoms with van der Waals surface area (Å²) in [5.74, 6) is -0.257. The third kappa shape index (κ3) is 2.56. The standard InChI is InChI=1S/C14H15FN2/c1-17(11-6-3-2-4-7-11)10-12-13(15)8-5-9-14(12)16/h2-9H,10,16H2,1H3. The Morgan fingerprint density at radius 1 is 1.06 bits per heavy atom. The molecule has 0 amide bonds. The van der Waals surface area contributed by atoms with Crippen LogP contribution in [-0.4, -0.2) is 7.05 Å². The molecule has 0 heterocycles. The van der Waals surface area contributed by atoms with Gasteiger partial charge in [0.1, 0.15) is 5.82 Å². The number of benzene rings is 2. The van der Waals surface area contributed by atoms with E-state index >= 15 is 0 Å². The summed E-state index contributed by atoms with van der Waals surface area (Å²) in [5.41, 5.74) is 7.85. The number of nitrogens with two attached hydrogens (primary N) is 1. The zero-order chi connectivity index (χ0) is 12.3. The van der Waals surface area contributed by atoms with Gasteiger partial charge in [-0.05, 0) is 24.3 Å². The Morgan fingerprint density at radius 2 is 1.76 bits per heavy atom. The van der Waals surface area contributed by atoms with E-state index in [1.807, 2.05) is 42.3 Å². The van der Waals surface area contributed by atoms with Crippen LogP contribution in [0.25, 0.3) is 0 Å². The molecule has 0 bridgehead atoms. The van der Waals surface area contributed by atoms with Gasteiger partial charge in [0.25, 0.3) is 0 Å². The Balaban J connectivity index is 2.22. The van der Waals surface area contributed by atoms with Gasteiger partial charge in [0.15, 0.2) is 0 Å². The molecule has 2 nitrogen and oxygen atoms in total. The average molecular weight is 230 g/mol. The maximum Gasteiger partial charge on any atom is 0.130 e. The average Bonchev–Trinajstić information content (AvgIpc) is 2.35. The highest BCUT2D eigenvalue weighted by molar-refractivity contribution is 5.52. The van der Waals surface area contributed by atoms with E-state index in [0.29, 0.717) is 17.8 Å². The minimum absolute atomic E-state index is 0.257. The summed E-state index contributed by atoms with van der Waals surface area (Å²) in [6, 6.07) is 14.6. The second-order valence-corrected chi connectivity index (χ2v) is 4.00. The van der Waals surface area contributed by atoms with Crippen molar-refractivity contribution < 1.29 is 4.39 Å². The highest BCUT2D eigenvalue weighted by Crippen LogP contribution is 2.20. The number of anilines is 2. The fraction of sp³-hybridized carbons (Fsp3) is 0.143. The van der Waals surface area contributed by atoms with Gasteiger partial charge < -0.3 is 10.6 Å². The van der Waals surface area contributed by atoms with Crippen LogP contribution < -0.4 is 10.6 Å². The lowest BCUT2D eigenvalue weighted by molar-refractivity contribution is 0.609. The van der Waals surface area contributed by atoms with Gasteiger partial charge in [-0.1, -0.05) is 24.3 Å². The van der Waals surface area contributed by atoms with E-state index in [2.05, 4.69) is 0 Å². The molecule has 0 saturated heterocycles. The summed E-state index contributed by atoms with van der Waals surface area (Å²) in [5, 5.41) is 0. The molecule has 3 heteroatoms. The van der Waals surface area contributed by atoms with E-state index < -0.39 is 0 Å². The first kappa shape index (κ1) is 11.5. The van der Waals surface area contributed by atoms with Crippen molar-refractivity contribution in [1.29, 1.82) is 0 Å². The fourth-order valence-electron chi connectivity index (χ4n) is 1.75. The summed E-state index contributed by atoms with van der Waals surface area (Å²) >= 11 is 0. The molecule has 0 fully saturated rings.